The Balaban J connectivity index is 1.10. The number of rotatable bonds is 5. The molecule has 152 valence electrons. The average Bonchev–Trinajstić information content (AvgIpc) is 2.93. The van der Waals surface area contributed by atoms with Crippen molar-refractivity contribution in [2.45, 2.75) is 44.9 Å². The molecule has 2 unspecified atom stereocenters. The zero-order valence-electron chi connectivity index (χ0n) is 17.1. The highest BCUT2D eigenvalue weighted by molar-refractivity contribution is 5.78. The van der Waals surface area contributed by atoms with E-state index in [1.54, 1.807) is 0 Å². The predicted octanol–water partition coefficient (Wildman–Crippen LogP) is 3.53. The Bertz CT molecular complexity index is 666. The van der Waals surface area contributed by atoms with Crippen LogP contribution in [0.4, 0.5) is 5.69 Å². The van der Waals surface area contributed by atoms with Crippen molar-refractivity contribution in [2.24, 2.45) is 23.2 Å². The van der Waals surface area contributed by atoms with Crippen molar-refractivity contribution in [2.75, 3.05) is 44.2 Å². The largest absolute Gasteiger partial charge is 0.369 e. The zero-order valence-corrected chi connectivity index (χ0v) is 17.1. The van der Waals surface area contributed by atoms with Crippen LogP contribution in [0.15, 0.2) is 30.3 Å². The molecule has 4 heteroatoms. The topological polar surface area (TPSA) is 35.6 Å². The van der Waals surface area contributed by atoms with Crippen LogP contribution in [-0.4, -0.2) is 50.1 Å². The predicted molar refractivity (Wildman–Crippen MR) is 113 cm³/mol. The molecule has 0 radical (unpaired) electrons. The lowest BCUT2D eigenvalue weighted by molar-refractivity contribution is -0.123. The molecule has 1 aromatic rings. The van der Waals surface area contributed by atoms with E-state index in [-0.39, 0.29) is 5.91 Å². The lowest BCUT2D eigenvalue weighted by atomic mass is 9.58. The molecule has 4 nitrogen and oxygen atoms in total. The summed E-state index contributed by atoms with van der Waals surface area (Å²) in [7, 11) is 0. The molecule has 1 saturated heterocycles. The standard InChI is InChI=1S/C24H35N3O/c28-23(17-26-8-10-27(11-9-26)22-4-2-1-3-5-22)25-18-24-14-19-6-7-20(15-24)13-21(12-19)16-24/h1-5,19-21H,6-18H2,(H,25,28)/t19-,20+,21?,24?. The van der Waals surface area contributed by atoms with Gasteiger partial charge in [-0.05, 0) is 67.4 Å². The second-order valence-corrected chi connectivity index (χ2v) is 10.1. The van der Waals surface area contributed by atoms with Gasteiger partial charge in [0.15, 0.2) is 0 Å². The molecule has 0 spiro atoms. The monoisotopic (exact) mass is 381 g/mol. The summed E-state index contributed by atoms with van der Waals surface area (Å²) in [5.41, 5.74) is 1.72. The molecule has 1 heterocycles. The summed E-state index contributed by atoms with van der Waals surface area (Å²) in [5.74, 6) is 3.06. The van der Waals surface area contributed by atoms with Crippen molar-refractivity contribution in [1.82, 2.24) is 10.2 Å². The fourth-order valence-corrected chi connectivity index (χ4v) is 6.94. The normalized spacial score (nSPS) is 35.0. The van der Waals surface area contributed by atoms with Gasteiger partial charge >= 0.3 is 0 Å². The second kappa shape index (κ2) is 7.70. The van der Waals surface area contributed by atoms with Crippen molar-refractivity contribution in [3.63, 3.8) is 0 Å². The van der Waals surface area contributed by atoms with Crippen LogP contribution in [0.25, 0.3) is 0 Å². The van der Waals surface area contributed by atoms with Crippen LogP contribution in [0.3, 0.4) is 0 Å². The lowest BCUT2D eigenvalue weighted by Gasteiger charge is -2.48. The third-order valence-corrected chi connectivity index (χ3v) is 8.00. The van der Waals surface area contributed by atoms with E-state index >= 15 is 0 Å². The molecule has 1 aliphatic heterocycles. The number of hydrogen-bond donors (Lipinski definition) is 1. The van der Waals surface area contributed by atoms with Gasteiger partial charge in [-0.2, -0.15) is 0 Å². The fourth-order valence-electron chi connectivity index (χ4n) is 6.94. The number of hydrogen-bond acceptors (Lipinski definition) is 3. The lowest BCUT2D eigenvalue weighted by Crippen LogP contribution is -2.51. The Morgan fingerprint density at radius 3 is 2.25 bits per heavy atom. The van der Waals surface area contributed by atoms with Crippen LogP contribution in [0.1, 0.15) is 44.9 Å². The fraction of sp³-hybridized carbons (Fsp3) is 0.708. The number of anilines is 1. The second-order valence-electron chi connectivity index (χ2n) is 10.1. The van der Waals surface area contributed by atoms with Gasteiger partial charge in [-0.15, -0.1) is 0 Å². The Kier molecular flexibility index (Phi) is 5.08. The molecular weight excluding hydrogens is 346 g/mol. The first-order valence-electron chi connectivity index (χ1n) is 11.5. The first kappa shape index (κ1) is 18.5. The van der Waals surface area contributed by atoms with E-state index in [9.17, 15) is 4.79 Å². The maximum Gasteiger partial charge on any atom is 0.234 e. The van der Waals surface area contributed by atoms with Crippen LogP contribution < -0.4 is 10.2 Å². The average molecular weight is 382 g/mol. The van der Waals surface area contributed by atoms with Gasteiger partial charge in [-0.1, -0.05) is 31.0 Å². The van der Waals surface area contributed by atoms with Crippen LogP contribution in [0, 0.1) is 23.2 Å². The van der Waals surface area contributed by atoms with E-state index in [0.717, 1.165) is 50.5 Å². The maximum absolute atomic E-state index is 12.7. The summed E-state index contributed by atoms with van der Waals surface area (Å²) < 4.78 is 0. The highest BCUT2D eigenvalue weighted by atomic mass is 16.2. The first-order chi connectivity index (χ1) is 13.7. The minimum atomic E-state index is 0.238. The van der Waals surface area contributed by atoms with E-state index in [1.165, 1.54) is 50.6 Å². The van der Waals surface area contributed by atoms with Crippen molar-refractivity contribution >= 4 is 11.6 Å². The molecular formula is C24H35N3O. The van der Waals surface area contributed by atoms with Gasteiger partial charge in [-0.25, -0.2) is 0 Å². The van der Waals surface area contributed by atoms with E-state index < -0.39 is 0 Å². The van der Waals surface area contributed by atoms with Crippen LogP contribution in [-0.2, 0) is 4.79 Å². The smallest absolute Gasteiger partial charge is 0.234 e. The number of amides is 1. The quantitative estimate of drug-likeness (QED) is 0.847. The molecule has 4 aliphatic carbocycles. The van der Waals surface area contributed by atoms with Crippen molar-refractivity contribution < 1.29 is 4.79 Å². The molecule has 4 saturated carbocycles. The van der Waals surface area contributed by atoms with Gasteiger partial charge in [0.1, 0.15) is 0 Å². The Labute approximate surface area is 169 Å². The van der Waals surface area contributed by atoms with Gasteiger partial charge in [0.2, 0.25) is 5.91 Å². The molecule has 28 heavy (non-hydrogen) atoms. The molecule has 1 amide bonds. The molecule has 4 bridgehead atoms. The van der Waals surface area contributed by atoms with E-state index in [2.05, 4.69) is 45.4 Å². The highest BCUT2D eigenvalue weighted by Crippen LogP contribution is 2.57. The highest BCUT2D eigenvalue weighted by Gasteiger charge is 2.48. The Morgan fingerprint density at radius 1 is 0.929 bits per heavy atom. The molecule has 5 fully saturated rings. The number of para-hydroxylation sites is 1. The van der Waals surface area contributed by atoms with Crippen molar-refractivity contribution in [1.29, 1.82) is 0 Å². The molecule has 6 rings (SSSR count). The summed E-state index contributed by atoms with van der Waals surface area (Å²) >= 11 is 0. The number of carbonyl (C=O) groups excluding carboxylic acids is 1. The van der Waals surface area contributed by atoms with E-state index in [1.807, 2.05) is 0 Å². The number of nitrogens with zero attached hydrogens (tertiary/aromatic N) is 2. The summed E-state index contributed by atoms with van der Waals surface area (Å²) in [6.45, 7) is 5.45. The minimum absolute atomic E-state index is 0.238. The minimum Gasteiger partial charge on any atom is -0.369 e. The van der Waals surface area contributed by atoms with Gasteiger partial charge < -0.3 is 10.2 Å². The molecule has 1 aromatic carbocycles. The van der Waals surface area contributed by atoms with Crippen molar-refractivity contribution in [3.05, 3.63) is 30.3 Å². The number of benzene rings is 1. The summed E-state index contributed by atoms with van der Waals surface area (Å²) in [6, 6.07) is 10.6. The van der Waals surface area contributed by atoms with Crippen LogP contribution in [0.5, 0.6) is 0 Å². The number of fused-ring (bicyclic) bond motifs is 1. The SMILES string of the molecule is O=C(CN1CCN(c2ccccc2)CC1)NCC12CC3C[C@@H](CC[C@@H](C3)C1)C2. The Hall–Kier alpha value is -1.55. The number of nitrogens with one attached hydrogen (secondary N) is 1. The third kappa shape index (κ3) is 3.94. The van der Waals surface area contributed by atoms with Gasteiger partial charge in [-0.3, -0.25) is 9.69 Å². The van der Waals surface area contributed by atoms with Crippen LogP contribution >= 0.6 is 0 Å². The van der Waals surface area contributed by atoms with Crippen molar-refractivity contribution in [3.8, 4) is 0 Å². The summed E-state index contributed by atoms with van der Waals surface area (Å²) in [4.78, 5) is 17.4. The van der Waals surface area contributed by atoms with Gasteiger partial charge in [0.25, 0.3) is 0 Å². The van der Waals surface area contributed by atoms with Gasteiger partial charge in [0, 0.05) is 38.4 Å². The van der Waals surface area contributed by atoms with Gasteiger partial charge in [0.05, 0.1) is 6.54 Å². The molecule has 0 aromatic heterocycles. The third-order valence-electron chi connectivity index (χ3n) is 8.00. The molecule has 1 N–H and O–H groups in total. The first-order valence-corrected chi connectivity index (χ1v) is 11.5. The molecule has 5 aliphatic rings. The van der Waals surface area contributed by atoms with E-state index in [0.29, 0.717) is 12.0 Å². The summed E-state index contributed by atoms with van der Waals surface area (Å²) in [5, 5.41) is 3.36. The number of piperazine rings is 1. The Morgan fingerprint density at radius 2 is 1.57 bits per heavy atom. The molecule has 4 atom stereocenters. The zero-order chi connectivity index (χ0) is 19.0. The summed E-state index contributed by atoms with van der Waals surface area (Å²) in [6.07, 6.45) is 9.95. The maximum atomic E-state index is 12.7. The van der Waals surface area contributed by atoms with Crippen LogP contribution in [0.2, 0.25) is 0 Å². The number of carbonyl (C=O) groups is 1. The van der Waals surface area contributed by atoms with E-state index in [4.69, 9.17) is 0 Å².